The number of aryl methyl sites for hydroxylation is 1. The summed E-state index contributed by atoms with van der Waals surface area (Å²) in [6.45, 7) is 8.50. The largest absolute Gasteiger partial charge is 0.292 e. The van der Waals surface area contributed by atoms with Gasteiger partial charge in [0.1, 0.15) is 5.69 Å². The topological polar surface area (TPSA) is 47.8 Å². The average Bonchev–Trinajstić information content (AvgIpc) is 2.50. The van der Waals surface area contributed by atoms with Gasteiger partial charge >= 0.3 is 0 Å². The van der Waals surface area contributed by atoms with E-state index in [1.807, 2.05) is 27.7 Å². The summed E-state index contributed by atoms with van der Waals surface area (Å²) in [7, 11) is 0. The molecule has 0 amide bonds. The van der Waals surface area contributed by atoms with Gasteiger partial charge in [-0.25, -0.2) is 4.68 Å². The maximum atomic E-state index is 11.9. The number of carbonyl (C=O) groups is 1. The lowest BCUT2D eigenvalue weighted by molar-refractivity contribution is 0.0846. The van der Waals surface area contributed by atoms with Crippen LogP contribution in [0.15, 0.2) is 6.20 Å². The summed E-state index contributed by atoms with van der Waals surface area (Å²) in [5.74, 6) is 0.0935. The van der Waals surface area contributed by atoms with E-state index in [0.717, 1.165) is 13.0 Å². The van der Waals surface area contributed by atoms with Crippen molar-refractivity contribution in [1.82, 2.24) is 15.0 Å². The van der Waals surface area contributed by atoms with Crippen LogP contribution < -0.4 is 0 Å². The molecule has 0 atom stereocenters. The summed E-state index contributed by atoms with van der Waals surface area (Å²) in [6, 6.07) is 0. The maximum Gasteiger partial charge on any atom is 0.187 e. The van der Waals surface area contributed by atoms with Crippen molar-refractivity contribution in [1.29, 1.82) is 0 Å². The van der Waals surface area contributed by atoms with Crippen LogP contribution in [0.4, 0.5) is 0 Å². The Morgan fingerprint density at radius 2 is 2.14 bits per heavy atom. The lowest BCUT2D eigenvalue weighted by Gasteiger charge is -2.16. The molecule has 0 unspecified atom stereocenters. The molecule has 0 aromatic carbocycles. The van der Waals surface area contributed by atoms with Gasteiger partial charge in [-0.1, -0.05) is 32.9 Å². The molecule has 0 fully saturated rings. The van der Waals surface area contributed by atoms with Crippen LogP contribution in [0.2, 0.25) is 0 Å². The summed E-state index contributed by atoms with van der Waals surface area (Å²) in [5, 5.41) is 7.65. The molecule has 1 rings (SSSR count). The molecule has 0 N–H and O–H groups in total. The summed E-state index contributed by atoms with van der Waals surface area (Å²) in [4.78, 5) is 11.9. The summed E-state index contributed by atoms with van der Waals surface area (Å²) < 4.78 is 1.67. The van der Waals surface area contributed by atoms with Crippen molar-refractivity contribution in [3.63, 3.8) is 0 Å². The molecule has 4 heteroatoms. The molecule has 0 aliphatic rings. The van der Waals surface area contributed by atoms with Crippen molar-refractivity contribution >= 4 is 5.78 Å². The van der Waals surface area contributed by atoms with Crippen molar-refractivity contribution < 1.29 is 4.79 Å². The smallest absolute Gasteiger partial charge is 0.187 e. The molecule has 0 radical (unpaired) electrons. The Labute approximate surface area is 84.3 Å². The van der Waals surface area contributed by atoms with E-state index in [4.69, 9.17) is 0 Å². The molecule has 14 heavy (non-hydrogen) atoms. The second kappa shape index (κ2) is 3.90. The maximum absolute atomic E-state index is 11.9. The van der Waals surface area contributed by atoms with Gasteiger partial charge in [-0.3, -0.25) is 4.79 Å². The molecule has 0 bridgehead atoms. The summed E-state index contributed by atoms with van der Waals surface area (Å²) in [6.07, 6.45) is 2.50. The van der Waals surface area contributed by atoms with Crippen molar-refractivity contribution in [2.75, 3.05) is 0 Å². The molecule has 4 nitrogen and oxygen atoms in total. The van der Waals surface area contributed by atoms with Crippen LogP contribution in [0.5, 0.6) is 0 Å². The minimum Gasteiger partial charge on any atom is -0.292 e. The number of Topliss-reactive ketones (excluding diaryl/α,β-unsaturated/α-hetero) is 1. The van der Waals surface area contributed by atoms with Crippen LogP contribution in [-0.2, 0) is 6.54 Å². The van der Waals surface area contributed by atoms with Gasteiger partial charge in [0.2, 0.25) is 0 Å². The lowest BCUT2D eigenvalue weighted by atomic mass is 9.89. The third kappa shape index (κ3) is 2.19. The Bertz CT molecular complexity index is 322. The number of hydrogen-bond acceptors (Lipinski definition) is 3. The van der Waals surface area contributed by atoms with Gasteiger partial charge in [0.25, 0.3) is 0 Å². The summed E-state index contributed by atoms with van der Waals surface area (Å²) >= 11 is 0. The molecule has 0 spiro atoms. The molecule has 0 saturated heterocycles. The molecule has 0 aliphatic heterocycles. The number of carbonyl (C=O) groups excluding carboxylic acids is 1. The predicted molar refractivity (Wildman–Crippen MR) is 54.1 cm³/mol. The number of ketones is 1. The van der Waals surface area contributed by atoms with E-state index >= 15 is 0 Å². The second-order valence-corrected chi connectivity index (χ2v) is 4.42. The minimum absolute atomic E-state index is 0.0935. The average molecular weight is 195 g/mol. The fraction of sp³-hybridized carbons (Fsp3) is 0.700. The second-order valence-electron chi connectivity index (χ2n) is 4.42. The first-order valence-corrected chi connectivity index (χ1v) is 4.90. The third-order valence-electron chi connectivity index (χ3n) is 1.97. The standard InChI is InChI=1S/C10H17N3O/c1-5-6-13-8(7-11-12-13)9(14)10(2,3)4/h7H,5-6H2,1-4H3. The highest BCUT2D eigenvalue weighted by atomic mass is 16.1. The lowest BCUT2D eigenvalue weighted by Crippen LogP contribution is -2.23. The van der Waals surface area contributed by atoms with Crippen molar-refractivity contribution in [3.05, 3.63) is 11.9 Å². The van der Waals surface area contributed by atoms with Gasteiger partial charge in [-0.15, -0.1) is 5.10 Å². The van der Waals surface area contributed by atoms with Crippen LogP contribution in [-0.4, -0.2) is 20.8 Å². The van der Waals surface area contributed by atoms with E-state index in [1.54, 1.807) is 10.9 Å². The van der Waals surface area contributed by atoms with E-state index in [9.17, 15) is 4.79 Å². The Balaban J connectivity index is 2.95. The monoisotopic (exact) mass is 195 g/mol. The normalized spacial score (nSPS) is 11.7. The Kier molecular flexibility index (Phi) is 3.03. The van der Waals surface area contributed by atoms with E-state index in [2.05, 4.69) is 10.3 Å². The quantitative estimate of drug-likeness (QED) is 0.692. The van der Waals surface area contributed by atoms with Crippen LogP contribution >= 0.6 is 0 Å². The van der Waals surface area contributed by atoms with Crippen LogP contribution in [0, 0.1) is 5.41 Å². The van der Waals surface area contributed by atoms with E-state index < -0.39 is 0 Å². The fourth-order valence-corrected chi connectivity index (χ4v) is 1.19. The van der Waals surface area contributed by atoms with Crippen molar-refractivity contribution in [2.45, 2.75) is 40.7 Å². The van der Waals surface area contributed by atoms with Crippen LogP contribution in [0.3, 0.4) is 0 Å². The van der Waals surface area contributed by atoms with Gasteiger partial charge in [0.15, 0.2) is 5.78 Å². The van der Waals surface area contributed by atoms with Crippen molar-refractivity contribution in [2.24, 2.45) is 5.41 Å². The molecular weight excluding hydrogens is 178 g/mol. The van der Waals surface area contributed by atoms with Gasteiger partial charge in [0, 0.05) is 12.0 Å². The molecular formula is C10H17N3O. The number of hydrogen-bond donors (Lipinski definition) is 0. The van der Waals surface area contributed by atoms with Gasteiger partial charge in [-0.2, -0.15) is 0 Å². The SMILES string of the molecule is CCCn1nncc1C(=O)C(C)(C)C. The van der Waals surface area contributed by atoms with E-state index in [1.165, 1.54) is 0 Å². The van der Waals surface area contributed by atoms with Gasteiger partial charge in [-0.05, 0) is 6.42 Å². The zero-order valence-corrected chi connectivity index (χ0v) is 9.24. The number of aromatic nitrogens is 3. The van der Waals surface area contributed by atoms with Crippen LogP contribution in [0.25, 0.3) is 0 Å². The molecule has 78 valence electrons. The Morgan fingerprint density at radius 3 is 2.64 bits per heavy atom. The predicted octanol–water partition coefficient (Wildman–Crippen LogP) is 1.92. The highest BCUT2D eigenvalue weighted by Crippen LogP contribution is 2.19. The molecule has 1 aromatic heterocycles. The number of nitrogens with zero attached hydrogens (tertiary/aromatic N) is 3. The van der Waals surface area contributed by atoms with E-state index in [-0.39, 0.29) is 11.2 Å². The first-order chi connectivity index (χ1) is 6.46. The van der Waals surface area contributed by atoms with Gasteiger partial charge in [0.05, 0.1) is 6.20 Å². The Hall–Kier alpha value is -1.19. The van der Waals surface area contributed by atoms with E-state index in [0.29, 0.717) is 5.69 Å². The molecule has 0 saturated carbocycles. The summed E-state index contributed by atoms with van der Waals surface area (Å²) in [5.41, 5.74) is 0.243. The third-order valence-corrected chi connectivity index (χ3v) is 1.97. The van der Waals surface area contributed by atoms with Crippen molar-refractivity contribution in [3.8, 4) is 0 Å². The highest BCUT2D eigenvalue weighted by Gasteiger charge is 2.26. The Morgan fingerprint density at radius 1 is 1.50 bits per heavy atom. The zero-order chi connectivity index (χ0) is 10.8. The first-order valence-electron chi connectivity index (χ1n) is 4.90. The van der Waals surface area contributed by atoms with Gasteiger partial charge < -0.3 is 0 Å². The minimum atomic E-state index is -0.368. The first kappa shape index (κ1) is 10.9. The van der Waals surface area contributed by atoms with Crippen LogP contribution in [0.1, 0.15) is 44.6 Å². The fourth-order valence-electron chi connectivity index (χ4n) is 1.19. The molecule has 1 heterocycles. The highest BCUT2D eigenvalue weighted by molar-refractivity contribution is 5.98. The molecule has 0 aliphatic carbocycles. The number of rotatable bonds is 3. The zero-order valence-electron chi connectivity index (χ0n) is 9.24. The molecule has 1 aromatic rings.